The van der Waals surface area contributed by atoms with Gasteiger partial charge in [0.25, 0.3) is 11.8 Å². The van der Waals surface area contributed by atoms with Crippen LogP contribution in [0.3, 0.4) is 0 Å². The number of aliphatic carboxylic acids is 1. The van der Waals surface area contributed by atoms with E-state index in [-0.39, 0.29) is 44.2 Å². The van der Waals surface area contributed by atoms with Gasteiger partial charge in [-0.2, -0.15) is 0 Å². The SMILES string of the molecule is [B]c1ccc(C[C@H]2NC(=O)[C@H](Cc3cccs3)NC(=O)[C@H](OC(C)=O)[C@@H](OC(C)=O)C(=O)Nc3ccc(cc3)C[C@H](C(=O)N[C@@H](Cc3ccccc3)C(=O)O)NC(=O)[C@H](CCc3ccccc3)NC2=O)cc1. The zero-order valence-electron chi connectivity index (χ0n) is 39.3. The van der Waals surface area contributed by atoms with Gasteiger partial charge in [0.1, 0.15) is 38.1 Å². The molecule has 2 radical (unpaired) electrons. The van der Waals surface area contributed by atoms with Crippen molar-refractivity contribution in [1.29, 1.82) is 0 Å². The van der Waals surface area contributed by atoms with Crippen molar-refractivity contribution in [3.63, 3.8) is 0 Å². The standard InChI is InChI=1S/C52H53BN6O12S/c1-30(60)70-44-45(71-31(2)61)51(67)58-42(29-38-14-9-25-72-38)49(65)57-40(26-34-15-20-36(53)21-16-34)47(63)55-39(24-19-32-10-5-3-6-11-32)46(62)56-41(27-35-17-22-37(23-18-35)54-50(44)66)48(64)59-43(52(68)69)28-33-12-7-4-8-13-33/h3-18,20-23,25,39-45H,19,24,26-29H2,1-2H3,(H,54,66)(H,55,63)(H,56,62)(H,57,65)(H,58,67)(H,59,64)(H,68,69)/t39-,40+,41+,42-,43-,44+,45+/m0/s1. The fourth-order valence-corrected chi connectivity index (χ4v) is 8.55. The second kappa shape index (κ2) is 25.6. The van der Waals surface area contributed by atoms with Crippen molar-refractivity contribution in [1.82, 2.24) is 26.6 Å². The van der Waals surface area contributed by atoms with E-state index >= 15 is 0 Å². The maximum Gasteiger partial charge on any atom is 0.326 e. The number of anilines is 1. The van der Waals surface area contributed by atoms with Gasteiger partial charge >= 0.3 is 17.9 Å². The molecule has 0 spiro atoms. The van der Waals surface area contributed by atoms with Gasteiger partial charge in [-0.15, -0.1) is 11.3 Å². The Bertz CT molecular complexity index is 2710. The van der Waals surface area contributed by atoms with E-state index in [4.69, 9.17) is 17.3 Å². The number of carbonyl (C=O) groups excluding carboxylic acids is 8. The molecule has 7 rings (SSSR count). The lowest BCUT2D eigenvalue weighted by Crippen LogP contribution is -2.60. The van der Waals surface area contributed by atoms with Crippen molar-refractivity contribution < 1.29 is 57.7 Å². The molecule has 2 aliphatic heterocycles. The molecular weight excluding hydrogens is 943 g/mol. The summed E-state index contributed by atoms with van der Waals surface area (Å²) in [4.78, 5) is 125. The van der Waals surface area contributed by atoms with E-state index in [9.17, 15) is 48.3 Å². The van der Waals surface area contributed by atoms with Crippen LogP contribution in [0.15, 0.2) is 127 Å². The first-order valence-electron chi connectivity index (χ1n) is 22.9. The Balaban J connectivity index is 1.44. The summed E-state index contributed by atoms with van der Waals surface area (Å²) >= 11 is 1.25. The van der Waals surface area contributed by atoms with Crippen LogP contribution in [-0.2, 0) is 84.7 Å². The number of carboxylic acids is 1. The molecule has 1 aromatic heterocycles. The van der Waals surface area contributed by atoms with Gasteiger partial charge in [-0.3, -0.25) is 38.4 Å². The van der Waals surface area contributed by atoms with Crippen LogP contribution in [0.2, 0.25) is 0 Å². The molecule has 3 heterocycles. The van der Waals surface area contributed by atoms with Gasteiger partial charge in [-0.25, -0.2) is 4.79 Å². The predicted molar refractivity (Wildman–Crippen MR) is 266 cm³/mol. The fourth-order valence-electron chi connectivity index (χ4n) is 7.80. The van der Waals surface area contributed by atoms with E-state index in [0.29, 0.717) is 27.0 Å². The zero-order chi connectivity index (χ0) is 51.7. The van der Waals surface area contributed by atoms with Crippen LogP contribution >= 0.6 is 11.3 Å². The minimum Gasteiger partial charge on any atom is -0.480 e. The van der Waals surface area contributed by atoms with Crippen LogP contribution in [0.4, 0.5) is 5.69 Å². The van der Waals surface area contributed by atoms with Gasteiger partial charge < -0.3 is 46.5 Å². The lowest BCUT2D eigenvalue weighted by atomic mass is 9.93. The van der Waals surface area contributed by atoms with E-state index in [1.54, 1.807) is 72.1 Å². The first-order valence-corrected chi connectivity index (χ1v) is 23.8. The quantitative estimate of drug-likeness (QED) is 0.0477. The number of fused-ring (bicyclic) bond motifs is 18. The van der Waals surface area contributed by atoms with Gasteiger partial charge in [0.05, 0.1) is 0 Å². The molecule has 0 saturated carbocycles. The minimum absolute atomic E-state index is 0.00326. The van der Waals surface area contributed by atoms with Gasteiger partial charge in [-0.05, 0) is 58.7 Å². The maximum atomic E-state index is 14.7. The molecular formula is C52H53BN6O12S. The summed E-state index contributed by atoms with van der Waals surface area (Å²) in [6.45, 7) is 1.94. The number of esters is 2. The normalized spacial score (nSPS) is 20.4. The van der Waals surface area contributed by atoms with Gasteiger partial charge in [0, 0.05) is 50.1 Å². The molecule has 0 unspecified atom stereocenters. The average molecular weight is 997 g/mol. The third-order valence-electron chi connectivity index (χ3n) is 11.4. The molecule has 20 heteroatoms. The maximum absolute atomic E-state index is 14.7. The molecule has 2 aliphatic rings. The number of ether oxygens (including phenoxy) is 2. The molecule has 0 saturated heterocycles. The highest BCUT2D eigenvalue weighted by Crippen LogP contribution is 2.18. The summed E-state index contributed by atoms with van der Waals surface area (Å²) in [7, 11) is 5.96. The molecule has 5 aromatic rings. The van der Waals surface area contributed by atoms with E-state index < -0.39 is 95.8 Å². The number of aryl methyl sites for hydroxylation is 1. The van der Waals surface area contributed by atoms with Crippen LogP contribution < -0.4 is 37.4 Å². The Morgan fingerprint density at radius 1 is 0.639 bits per heavy atom. The molecule has 372 valence electrons. The molecule has 6 amide bonds. The van der Waals surface area contributed by atoms with Crippen molar-refractivity contribution >= 4 is 83.7 Å². The lowest BCUT2D eigenvalue weighted by molar-refractivity contribution is -0.173. The molecule has 7 N–H and O–H groups in total. The topological polar surface area (TPSA) is 264 Å². The second-order valence-corrected chi connectivity index (χ2v) is 18.1. The number of carboxylic acid groups (broad SMARTS) is 1. The highest BCUT2D eigenvalue weighted by molar-refractivity contribution is 7.09. The Morgan fingerprint density at radius 2 is 1.19 bits per heavy atom. The zero-order valence-corrected chi connectivity index (χ0v) is 40.1. The summed E-state index contributed by atoms with van der Waals surface area (Å²) in [5.74, 6) is -9.10. The first-order chi connectivity index (χ1) is 34.5. The largest absolute Gasteiger partial charge is 0.480 e. The van der Waals surface area contributed by atoms with Crippen LogP contribution in [0.5, 0.6) is 0 Å². The monoisotopic (exact) mass is 996 g/mol. The smallest absolute Gasteiger partial charge is 0.326 e. The molecule has 4 aromatic carbocycles. The van der Waals surface area contributed by atoms with Gasteiger partial charge in [0.15, 0.2) is 0 Å². The number of carbonyl (C=O) groups is 9. The highest BCUT2D eigenvalue weighted by atomic mass is 32.1. The van der Waals surface area contributed by atoms with Crippen molar-refractivity contribution in [2.45, 2.75) is 94.8 Å². The third-order valence-corrected chi connectivity index (χ3v) is 12.3. The number of hydrogen-bond donors (Lipinski definition) is 7. The number of thiophene rings is 1. The van der Waals surface area contributed by atoms with Crippen LogP contribution in [-0.4, -0.2) is 109 Å². The molecule has 2 bridgehead atoms. The fraction of sp³-hybridized carbons (Fsp3) is 0.288. The summed E-state index contributed by atoms with van der Waals surface area (Å²) in [6.07, 6.45) is -4.59. The van der Waals surface area contributed by atoms with Gasteiger partial charge in [-0.1, -0.05) is 109 Å². The van der Waals surface area contributed by atoms with Crippen molar-refractivity contribution in [2.75, 3.05) is 5.32 Å². The van der Waals surface area contributed by atoms with Crippen molar-refractivity contribution in [3.8, 4) is 0 Å². The Hall–Kier alpha value is -8.13. The number of rotatable bonds is 14. The number of nitrogens with one attached hydrogen (secondary N) is 6. The minimum atomic E-state index is -2.13. The molecule has 18 nitrogen and oxygen atoms in total. The lowest BCUT2D eigenvalue weighted by Gasteiger charge is -2.28. The number of benzene rings is 4. The molecule has 7 atom stereocenters. The van der Waals surface area contributed by atoms with E-state index in [1.165, 1.54) is 35.6 Å². The summed E-state index contributed by atoms with van der Waals surface area (Å²) in [5.41, 5.74) is 2.90. The Labute approximate surface area is 420 Å². The van der Waals surface area contributed by atoms with E-state index in [1.807, 2.05) is 30.3 Å². The second-order valence-electron chi connectivity index (χ2n) is 17.0. The summed E-state index contributed by atoms with van der Waals surface area (Å²) < 4.78 is 10.6. The van der Waals surface area contributed by atoms with Crippen molar-refractivity contribution in [2.24, 2.45) is 0 Å². The highest BCUT2D eigenvalue weighted by Gasteiger charge is 2.42. The Kier molecular flexibility index (Phi) is 19.0. The molecule has 0 fully saturated rings. The Morgan fingerprint density at radius 3 is 1.78 bits per heavy atom. The van der Waals surface area contributed by atoms with Crippen molar-refractivity contribution in [3.05, 3.63) is 154 Å². The van der Waals surface area contributed by atoms with Crippen LogP contribution in [0, 0.1) is 0 Å². The molecule has 0 aliphatic carbocycles. The van der Waals surface area contributed by atoms with Crippen LogP contribution in [0.25, 0.3) is 0 Å². The molecule has 72 heavy (non-hydrogen) atoms. The first kappa shape index (κ1) is 53.2. The number of hydrogen-bond acceptors (Lipinski definition) is 12. The number of amides is 6. The summed E-state index contributed by atoms with van der Waals surface area (Å²) in [5, 5.41) is 27.9. The van der Waals surface area contributed by atoms with Gasteiger partial charge in [0.2, 0.25) is 35.8 Å². The van der Waals surface area contributed by atoms with E-state index in [0.717, 1.165) is 19.4 Å². The predicted octanol–water partition coefficient (Wildman–Crippen LogP) is 1.77. The average Bonchev–Trinajstić information content (AvgIpc) is 3.87. The van der Waals surface area contributed by atoms with Crippen LogP contribution in [0.1, 0.15) is 47.4 Å². The third kappa shape index (κ3) is 16.0. The van der Waals surface area contributed by atoms with E-state index in [2.05, 4.69) is 31.9 Å². The summed E-state index contributed by atoms with van der Waals surface area (Å²) in [6, 6.07) is 26.3.